The lowest BCUT2D eigenvalue weighted by molar-refractivity contribution is -0.140. The second-order valence-electron chi connectivity index (χ2n) is 4.90. The number of carbonyl (C=O) groups excluding carboxylic acids is 1. The maximum absolute atomic E-state index is 12.0. The highest BCUT2D eigenvalue weighted by Crippen LogP contribution is 2.20. The molecule has 6 heteroatoms. The van der Waals surface area contributed by atoms with E-state index in [4.69, 9.17) is 21.4 Å². The number of nitrogens with one attached hydrogen (secondary N) is 1. The third-order valence-corrected chi connectivity index (χ3v) is 3.44. The normalized spacial score (nSPS) is 21.8. The molecule has 21 heavy (non-hydrogen) atoms. The van der Waals surface area contributed by atoms with E-state index < -0.39 is 18.0 Å². The van der Waals surface area contributed by atoms with Crippen LogP contribution in [-0.2, 0) is 9.59 Å². The quantitative estimate of drug-likeness (QED) is 0.818. The molecule has 1 aromatic rings. The number of carboxylic acids is 1. The smallest absolute Gasteiger partial charge is 0.310 e. The summed E-state index contributed by atoms with van der Waals surface area (Å²) in [5, 5.41) is 12.2. The van der Waals surface area contributed by atoms with E-state index in [1.54, 1.807) is 43.3 Å². The Morgan fingerprint density at radius 3 is 2.81 bits per heavy atom. The molecule has 112 valence electrons. The highest BCUT2D eigenvalue weighted by atomic mass is 35.5. The zero-order chi connectivity index (χ0) is 15.4. The van der Waals surface area contributed by atoms with Gasteiger partial charge in [0.1, 0.15) is 5.75 Å². The van der Waals surface area contributed by atoms with Gasteiger partial charge < -0.3 is 15.2 Å². The second kappa shape index (κ2) is 6.63. The first-order valence-corrected chi connectivity index (χ1v) is 6.97. The summed E-state index contributed by atoms with van der Waals surface area (Å²) in [5.74, 6) is -1.21. The zero-order valence-corrected chi connectivity index (χ0v) is 12.2. The summed E-state index contributed by atoms with van der Waals surface area (Å²) in [5.41, 5.74) is 0. The van der Waals surface area contributed by atoms with Crippen molar-refractivity contribution in [3.05, 3.63) is 41.4 Å². The Morgan fingerprint density at radius 1 is 1.43 bits per heavy atom. The summed E-state index contributed by atoms with van der Waals surface area (Å²) in [4.78, 5) is 22.9. The average molecular weight is 310 g/mol. The number of amides is 1. The Hall–Kier alpha value is -2.01. The first kappa shape index (κ1) is 15.4. The van der Waals surface area contributed by atoms with Crippen molar-refractivity contribution in [1.82, 2.24) is 5.32 Å². The van der Waals surface area contributed by atoms with Gasteiger partial charge in [0.25, 0.3) is 5.91 Å². The van der Waals surface area contributed by atoms with Crippen molar-refractivity contribution in [2.24, 2.45) is 5.92 Å². The molecular weight excluding hydrogens is 294 g/mol. The Bertz CT molecular complexity index is 573. The number of hydrogen-bond donors (Lipinski definition) is 2. The standard InChI is InChI=1S/C15H16ClNO4/c1-9(21-13-4-2-3-11(16)8-13)14(18)17-12-6-5-10(7-12)15(19)20/h2-6,8-10,12H,7H2,1H3,(H,17,18)(H,19,20). The van der Waals surface area contributed by atoms with Crippen LogP contribution in [0.15, 0.2) is 36.4 Å². The maximum atomic E-state index is 12.0. The van der Waals surface area contributed by atoms with E-state index in [2.05, 4.69) is 5.32 Å². The highest BCUT2D eigenvalue weighted by molar-refractivity contribution is 6.30. The summed E-state index contributed by atoms with van der Waals surface area (Å²) >= 11 is 5.85. The van der Waals surface area contributed by atoms with Gasteiger partial charge in [-0.3, -0.25) is 9.59 Å². The van der Waals surface area contributed by atoms with Crippen LogP contribution >= 0.6 is 11.6 Å². The minimum Gasteiger partial charge on any atom is -0.481 e. The van der Waals surface area contributed by atoms with Crippen LogP contribution in [0.5, 0.6) is 5.75 Å². The first-order chi connectivity index (χ1) is 9.95. The van der Waals surface area contributed by atoms with Gasteiger partial charge in [-0.25, -0.2) is 0 Å². The van der Waals surface area contributed by atoms with Gasteiger partial charge >= 0.3 is 5.97 Å². The van der Waals surface area contributed by atoms with Gasteiger partial charge in [-0.15, -0.1) is 0 Å². The molecule has 3 atom stereocenters. The summed E-state index contributed by atoms with van der Waals surface area (Å²) in [7, 11) is 0. The van der Waals surface area contributed by atoms with E-state index >= 15 is 0 Å². The zero-order valence-electron chi connectivity index (χ0n) is 11.5. The van der Waals surface area contributed by atoms with Crippen LogP contribution in [0.3, 0.4) is 0 Å². The van der Waals surface area contributed by atoms with Gasteiger partial charge in [0, 0.05) is 11.1 Å². The number of halogens is 1. The number of ether oxygens (including phenoxy) is 1. The largest absolute Gasteiger partial charge is 0.481 e. The van der Waals surface area contributed by atoms with Gasteiger partial charge in [0.2, 0.25) is 0 Å². The van der Waals surface area contributed by atoms with Crippen molar-refractivity contribution >= 4 is 23.5 Å². The number of hydrogen-bond acceptors (Lipinski definition) is 3. The molecule has 3 unspecified atom stereocenters. The molecule has 0 saturated heterocycles. The predicted octanol–water partition coefficient (Wildman–Crippen LogP) is 2.25. The van der Waals surface area contributed by atoms with Crippen LogP contribution < -0.4 is 10.1 Å². The van der Waals surface area contributed by atoms with Crippen molar-refractivity contribution in [1.29, 1.82) is 0 Å². The number of aliphatic carboxylic acids is 1. The van der Waals surface area contributed by atoms with Crippen LogP contribution in [0.25, 0.3) is 0 Å². The molecular formula is C15H16ClNO4. The van der Waals surface area contributed by atoms with Crippen molar-refractivity contribution in [3.63, 3.8) is 0 Å². The second-order valence-corrected chi connectivity index (χ2v) is 5.33. The van der Waals surface area contributed by atoms with Crippen molar-refractivity contribution in [2.75, 3.05) is 0 Å². The van der Waals surface area contributed by atoms with Gasteiger partial charge in [-0.2, -0.15) is 0 Å². The Kier molecular flexibility index (Phi) is 4.85. The fourth-order valence-corrected chi connectivity index (χ4v) is 2.27. The SMILES string of the molecule is CC(Oc1cccc(Cl)c1)C(=O)NC1C=CC(C(=O)O)C1. The van der Waals surface area contributed by atoms with Gasteiger partial charge in [-0.05, 0) is 31.5 Å². The molecule has 2 N–H and O–H groups in total. The average Bonchev–Trinajstić information content (AvgIpc) is 2.87. The van der Waals surface area contributed by atoms with E-state index in [1.165, 1.54) is 0 Å². The molecule has 1 aromatic carbocycles. The Balaban J connectivity index is 1.86. The highest BCUT2D eigenvalue weighted by Gasteiger charge is 2.27. The van der Waals surface area contributed by atoms with E-state index in [9.17, 15) is 9.59 Å². The van der Waals surface area contributed by atoms with E-state index in [-0.39, 0.29) is 11.9 Å². The van der Waals surface area contributed by atoms with E-state index in [0.29, 0.717) is 17.2 Å². The predicted molar refractivity (Wildman–Crippen MR) is 78.4 cm³/mol. The molecule has 0 aliphatic heterocycles. The molecule has 5 nitrogen and oxygen atoms in total. The van der Waals surface area contributed by atoms with Crippen LogP contribution in [0.2, 0.25) is 5.02 Å². The Labute approximate surface area is 127 Å². The topological polar surface area (TPSA) is 75.6 Å². The van der Waals surface area contributed by atoms with Crippen LogP contribution in [0.1, 0.15) is 13.3 Å². The fourth-order valence-electron chi connectivity index (χ4n) is 2.09. The summed E-state index contributed by atoms with van der Waals surface area (Å²) < 4.78 is 5.50. The molecule has 0 saturated carbocycles. The molecule has 0 heterocycles. The third-order valence-electron chi connectivity index (χ3n) is 3.21. The molecule has 2 rings (SSSR count). The molecule has 1 aliphatic rings. The lowest BCUT2D eigenvalue weighted by Gasteiger charge is -2.18. The molecule has 0 radical (unpaired) electrons. The minimum atomic E-state index is -0.883. The molecule has 1 amide bonds. The number of carboxylic acid groups (broad SMARTS) is 1. The van der Waals surface area contributed by atoms with Crippen LogP contribution in [0, 0.1) is 5.92 Å². The molecule has 0 fully saturated rings. The third kappa shape index (κ3) is 4.23. The first-order valence-electron chi connectivity index (χ1n) is 6.59. The molecule has 0 spiro atoms. The lowest BCUT2D eigenvalue weighted by atomic mass is 10.1. The lowest BCUT2D eigenvalue weighted by Crippen LogP contribution is -2.41. The van der Waals surface area contributed by atoms with Crippen molar-refractivity contribution < 1.29 is 19.4 Å². The van der Waals surface area contributed by atoms with E-state index in [1.807, 2.05) is 0 Å². The fraction of sp³-hybridized carbons (Fsp3) is 0.333. The summed E-state index contributed by atoms with van der Waals surface area (Å²) in [6.45, 7) is 1.63. The van der Waals surface area contributed by atoms with Crippen LogP contribution in [-0.4, -0.2) is 29.1 Å². The van der Waals surface area contributed by atoms with Gasteiger partial charge in [0.05, 0.1) is 5.92 Å². The molecule has 0 bridgehead atoms. The van der Waals surface area contributed by atoms with Gasteiger partial charge in [-0.1, -0.05) is 29.8 Å². The van der Waals surface area contributed by atoms with Gasteiger partial charge in [0.15, 0.2) is 6.10 Å². The monoisotopic (exact) mass is 309 g/mol. The summed E-state index contributed by atoms with van der Waals surface area (Å²) in [6, 6.07) is 6.52. The molecule has 0 aromatic heterocycles. The van der Waals surface area contributed by atoms with Crippen molar-refractivity contribution in [3.8, 4) is 5.75 Å². The number of benzene rings is 1. The Morgan fingerprint density at radius 2 is 2.19 bits per heavy atom. The van der Waals surface area contributed by atoms with Crippen LogP contribution in [0.4, 0.5) is 0 Å². The minimum absolute atomic E-state index is 0.274. The van der Waals surface area contributed by atoms with Crippen molar-refractivity contribution in [2.45, 2.75) is 25.5 Å². The molecule has 1 aliphatic carbocycles. The number of rotatable bonds is 5. The number of carbonyl (C=O) groups is 2. The van der Waals surface area contributed by atoms with E-state index in [0.717, 1.165) is 0 Å². The summed E-state index contributed by atoms with van der Waals surface area (Å²) in [6.07, 6.45) is 2.96. The maximum Gasteiger partial charge on any atom is 0.310 e.